The summed E-state index contributed by atoms with van der Waals surface area (Å²) < 4.78 is 10.9. The molecule has 0 aliphatic rings. The van der Waals surface area contributed by atoms with Gasteiger partial charge < -0.3 is 14.8 Å². The van der Waals surface area contributed by atoms with Gasteiger partial charge in [0.1, 0.15) is 16.3 Å². The molecule has 0 aliphatic heterocycles. The van der Waals surface area contributed by atoms with E-state index < -0.39 is 5.97 Å². The Morgan fingerprint density at radius 1 is 1.06 bits per heavy atom. The Hall–Kier alpha value is -2.54. The van der Waals surface area contributed by atoms with E-state index >= 15 is 0 Å². The number of rotatable bonds is 9. The van der Waals surface area contributed by atoms with Crippen molar-refractivity contribution in [2.24, 2.45) is 0 Å². The van der Waals surface area contributed by atoms with E-state index in [2.05, 4.69) is 5.32 Å². The van der Waals surface area contributed by atoms with Crippen LogP contribution in [0.15, 0.2) is 41.8 Å². The number of aryl methyl sites for hydroxylation is 2. The van der Waals surface area contributed by atoms with E-state index in [4.69, 9.17) is 32.7 Å². The van der Waals surface area contributed by atoms with Crippen molar-refractivity contribution in [3.8, 4) is 16.9 Å². The lowest BCUT2D eigenvalue weighted by molar-refractivity contribution is -0.116. The molecule has 0 unspecified atom stereocenters. The van der Waals surface area contributed by atoms with E-state index in [0.717, 1.165) is 16.7 Å². The van der Waals surface area contributed by atoms with Crippen LogP contribution in [0.25, 0.3) is 11.1 Å². The van der Waals surface area contributed by atoms with Crippen molar-refractivity contribution in [3.05, 3.63) is 68.5 Å². The Morgan fingerprint density at radius 3 is 2.55 bits per heavy atom. The Morgan fingerprint density at radius 2 is 1.85 bits per heavy atom. The molecule has 1 amide bonds. The molecule has 3 aromatic rings. The lowest BCUT2D eigenvalue weighted by Crippen LogP contribution is -2.15. The van der Waals surface area contributed by atoms with E-state index in [-0.39, 0.29) is 18.9 Å². The number of esters is 1. The average Bonchev–Trinajstić information content (AvgIpc) is 3.18. The van der Waals surface area contributed by atoms with Gasteiger partial charge in [-0.3, -0.25) is 4.79 Å². The minimum Gasteiger partial charge on any atom is -0.492 e. The third-order valence-electron chi connectivity index (χ3n) is 5.04. The normalized spacial score (nSPS) is 10.7. The van der Waals surface area contributed by atoms with Crippen LogP contribution in [0.1, 0.15) is 41.3 Å². The highest BCUT2D eigenvalue weighted by Gasteiger charge is 2.23. The predicted octanol–water partition coefficient (Wildman–Crippen LogP) is 7.31. The second-order valence-corrected chi connectivity index (χ2v) is 9.17. The summed E-state index contributed by atoms with van der Waals surface area (Å²) in [4.78, 5) is 25.3. The Kier molecular flexibility index (Phi) is 8.78. The second-order valence-electron chi connectivity index (χ2n) is 7.45. The molecule has 1 N–H and O–H groups in total. The highest BCUT2D eigenvalue weighted by Crippen LogP contribution is 2.37. The number of ether oxygens (including phenoxy) is 2. The number of thiophene rings is 1. The molecule has 1 aromatic heterocycles. The summed E-state index contributed by atoms with van der Waals surface area (Å²) in [6.45, 7) is 6.38. The average molecular weight is 506 g/mol. The molecule has 0 saturated carbocycles. The van der Waals surface area contributed by atoms with Gasteiger partial charge in [0.15, 0.2) is 0 Å². The Labute approximate surface area is 207 Å². The molecular weight excluding hydrogens is 481 g/mol. The van der Waals surface area contributed by atoms with Crippen molar-refractivity contribution < 1.29 is 19.1 Å². The van der Waals surface area contributed by atoms with Crippen molar-refractivity contribution in [2.75, 3.05) is 18.5 Å². The minimum absolute atomic E-state index is 0.208. The van der Waals surface area contributed by atoms with Crippen molar-refractivity contribution in [3.63, 3.8) is 0 Å². The van der Waals surface area contributed by atoms with Gasteiger partial charge in [0, 0.05) is 22.4 Å². The molecular formula is C25H25Cl2NO4S. The minimum atomic E-state index is -0.456. The first-order valence-corrected chi connectivity index (χ1v) is 12.2. The maximum absolute atomic E-state index is 12.7. The van der Waals surface area contributed by atoms with Crippen molar-refractivity contribution in [2.45, 2.75) is 33.6 Å². The van der Waals surface area contributed by atoms with Crippen LogP contribution in [0.5, 0.6) is 5.75 Å². The topological polar surface area (TPSA) is 64.6 Å². The number of halogens is 2. The Bertz CT molecular complexity index is 1160. The predicted molar refractivity (Wildman–Crippen MR) is 135 cm³/mol. The van der Waals surface area contributed by atoms with E-state index in [0.29, 0.717) is 39.4 Å². The maximum atomic E-state index is 12.7. The summed E-state index contributed by atoms with van der Waals surface area (Å²) in [5.74, 6) is -0.148. The number of amides is 1. The van der Waals surface area contributed by atoms with Gasteiger partial charge in [-0.15, -0.1) is 11.3 Å². The van der Waals surface area contributed by atoms with Gasteiger partial charge in [0.25, 0.3) is 0 Å². The van der Waals surface area contributed by atoms with Gasteiger partial charge in [-0.1, -0.05) is 41.4 Å². The highest BCUT2D eigenvalue weighted by molar-refractivity contribution is 7.15. The zero-order valence-corrected chi connectivity index (χ0v) is 21.0. The van der Waals surface area contributed by atoms with Crippen LogP contribution in [0.2, 0.25) is 10.0 Å². The van der Waals surface area contributed by atoms with Gasteiger partial charge >= 0.3 is 5.97 Å². The van der Waals surface area contributed by atoms with Crippen LogP contribution in [0, 0.1) is 13.8 Å². The van der Waals surface area contributed by atoms with Crippen LogP contribution < -0.4 is 10.1 Å². The molecule has 2 aromatic carbocycles. The molecule has 0 spiro atoms. The number of hydrogen-bond acceptors (Lipinski definition) is 5. The highest BCUT2D eigenvalue weighted by atomic mass is 35.5. The van der Waals surface area contributed by atoms with Crippen molar-refractivity contribution >= 4 is 51.4 Å². The number of benzene rings is 2. The van der Waals surface area contributed by atoms with E-state index in [1.54, 1.807) is 25.1 Å². The number of nitrogens with one attached hydrogen (secondary N) is 1. The summed E-state index contributed by atoms with van der Waals surface area (Å²) in [6, 6.07) is 11.0. The lowest BCUT2D eigenvalue weighted by atomic mass is 9.99. The first kappa shape index (κ1) is 25.1. The van der Waals surface area contributed by atoms with Gasteiger partial charge in [0.2, 0.25) is 5.91 Å². The summed E-state index contributed by atoms with van der Waals surface area (Å²) in [6.07, 6.45) is 0.708. The summed E-state index contributed by atoms with van der Waals surface area (Å²) in [7, 11) is 0. The largest absolute Gasteiger partial charge is 0.492 e. The van der Waals surface area contributed by atoms with Gasteiger partial charge in [-0.25, -0.2) is 4.79 Å². The van der Waals surface area contributed by atoms with Crippen molar-refractivity contribution in [1.82, 2.24) is 0 Å². The molecule has 3 rings (SSSR count). The zero-order valence-electron chi connectivity index (χ0n) is 18.7. The fourth-order valence-corrected chi connectivity index (χ4v) is 4.61. The maximum Gasteiger partial charge on any atom is 0.341 e. The summed E-state index contributed by atoms with van der Waals surface area (Å²) >= 11 is 13.3. The smallest absolute Gasteiger partial charge is 0.341 e. The first-order valence-electron chi connectivity index (χ1n) is 10.5. The molecule has 0 fully saturated rings. The molecule has 0 aliphatic carbocycles. The first-order chi connectivity index (χ1) is 15.8. The van der Waals surface area contributed by atoms with Crippen LogP contribution in [-0.2, 0) is 9.53 Å². The monoisotopic (exact) mass is 505 g/mol. The van der Waals surface area contributed by atoms with Crippen LogP contribution in [-0.4, -0.2) is 25.1 Å². The number of hydrogen-bond donors (Lipinski definition) is 1. The quantitative estimate of drug-likeness (QED) is 0.244. The van der Waals surface area contributed by atoms with Crippen LogP contribution >= 0.6 is 34.5 Å². The molecule has 0 saturated heterocycles. The van der Waals surface area contributed by atoms with Crippen LogP contribution in [0.4, 0.5) is 5.00 Å². The fourth-order valence-electron chi connectivity index (χ4n) is 3.17. The molecule has 0 atom stereocenters. The molecule has 1 heterocycles. The lowest BCUT2D eigenvalue weighted by Gasteiger charge is -2.10. The van der Waals surface area contributed by atoms with Crippen LogP contribution in [0.3, 0.4) is 0 Å². The van der Waals surface area contributed by atoms with Crippen molar-refractivity contribution in [1.29, 1.82) is 0 Å². The summed E-state index contributed by atoms with van der Waals surface area (Å²) in [5.41, 5.74) is 4.33. The molecule has 0 radical (unpaired) electrons. The Balaban J connectivity index is 1.67. The number of carbonyl (C=O) groups excluding carboxylic acids is 2. The molecule has 33 heavy (non-hydrogen) atoms. The van der Waals surface area contributed by atoms with E-state index in [1.807, 2.05) is 37.4 Å². The van der Waals surface area contributed by atoms with Gasteiger partial charge in [-0.2, -0.15) is 0 Å². The molecule has 8 heteroatoms. The third kappa shape index (κ3) is 6.50. The standard InChI is InChI=1S/C25H25Cl2NO4S/c1-4-31-25(30)23-19(17-8-7-15(2)16(3)12-17)14-33-24(23)28-22(29)6-5-11-32-21-10-9-18(26)13-20(21)27/h7-10,12-14H,4-6,11H2,1-3H3,(H,28,29). The van der Waals surface area contributed by atoms with E-state index in [9.17, 15) is 9.59 Å². The third-order valence-corrected chi connectivity index (χ3v) is 6.47. The zero-order chi connectivity index (χ0) is 24.0. The van der Waals surface area contributed by atoms with Gasteiger partial charge in [0.05, 0.1) is 18.2 Å². The second kappa shape index (κ2) is 11.5. The fraction of sp³-hybridized carbons (Fsp3) is 0.280. The molecule has 0 bridgehead atoms. The SMILES string of the molecule is CCOC(=O)c1c(-c2ccc(C)c(C)c2)csc1NC(=O)CCCOc1ccc(Cl)cc1Cl. The van der Waals surface area contributed by atoms with E-state index in [1.165, 1.54) is 16.9 Å². The number of carbonyl (C=O) groups is 2. The summed E-state index contributed by atoms with van der Waals surface area (Å²) in [5, 5.41) is 6.16. The molecule has 174 valence electrons. The molecule has 5 nitrogen and oxygen atoms in total. The number of anilines is 1. The van der Waals surface area contributed by atoms with Gasteiger partial charge in [-0.05, 0) is 62.1 Å².